The van der Waals surface area contributed by atoms with Crippen molar-refractivity contribution in [3.8, 4) is 0 Å². The molecule has 0 aliphatic heterocycles. The number of nitrogens with one attached hydrogen (secondary N) is 1. The molecule has 0 heterocycles. The van der Waals surface area contributed by atoms with Crippen LogP contribution in [-0.2, 0) is 6.42 Å². The summed E-state index contributed by atoms with van der Waals surface area (Å²) in [5, 5.41) is 3.56. The van der Waals surface area contributed by atoms with E-state index < -0.39 is 0 Å². The molecule has 0 aliphatic carbocycles. The van der Waals surface area contributed by atoms with E-state index in [1.54, 1.807) is 12.1 Å². The normalized spacial score (nSPS) is 12.4. The van der Waals surface area contributed by atoms with Crippen LogP contribution in [0.4, 0.5) is 4.39 Å². The van der Waals surface area contributed by atoms with Crippen LogP contribution in [0.1, 0.15) is 29.5 Å². The summed E-state index contributed by atoms with van der Waals surface area (Å²) in [6, 6.07) is 13.6. The Morgan fingerprint density at radius 3 is 2.67 bits per heavy atom. The number of benzene rings is 2. The third-order valence-corrected chi connectivity index (χ3v) is 3.94. The molecule has 112 valence electrons. The van der Waals surface area contributed by atoms with Gasteiger partial charge in [-0.25, -0.2) is 4.39 Å². The number of rotatable bonds is 6. The second-order valence-corrected chi connectivity index (χ2v) is 5.74. The Morgan fingerprint density at radius 2 is 1.95 bits per heavy atom. The van der Waals surface area contributed by atoms with Crippen molar-refractivity contribution in [3.63, 3.8) is 0 Å². The molecule has 0 aliphatic rings. The van der Waals surface area contributed by atoms with Gasteiger partial charge in [0.05, 0.1) is 5.02 Å². The van der Waals surface area contributed by atoms with Gasteiger partial charge in [-0.05, 0) is 37.1 Å². The van der Waals surface area contributed by atoms with Crippen molar-refractivity contribution in [1.29, 1.82) is 0 Å². The molecule has 1 unspecified atom stereocenters. The van der Waals surface area contributed by atoms with Crippen LogP contribution in [0.2, 0.25) is 5.02 Å². The van der Waals surface area contributed by atoms with E-state index in [1.807, 2.05) is 6.07 Å². The van der Waals surface area contributed by atoms with Crippen LogP contribution in [0.15, 0.2) is 42.5 Å². The molecule has 0 saturated carbocycles. The van der Waals surface area contributed by atoms with Gasteiger partial charge in [-0.3, -0.25) is 0 Å². The summed E-state index contributed by atoms with van der Waals surface area (Å²) in [5.74, 6) is -0.0638. The SMILES string of the molecule is CCNCC(Cc1cccc(Cl)c1F)c1cccc(C)c1. The van der Waals surface area contributed by atoms with Crippen molar-refractivity contribution < 1.29 is 4.39 Å². The lowest BCUT2D eigenvalue weighted by Gasteiger charge is -2.19. The second kappa shape index (κ2) is 7.58. The molecule has 1 N–H and O–H groups in total. The van der Waals surface area contributed by atoms with Crippen molar-refractivity contribution in [2.24, 2.45) is 0 Å². The van der Waals surface area contributed by atoms with Crippen LogP contribution in [0.5, 0.6) is 0 Å². The molecule has 1 atom stereocenters. The van der Waals surface area contributed by atoms with Crippen LogP contribution >= 0.6 is 11.6 Å². The highest BCUT2D eigenvalue weighted by Crippen LogP contribution is 2.25. The molecule has 2 rings (SSSR count). The molecule has 0 fully saturated rings. The Morgan fingerprint density at radius 1 is 1.19 bits per heavy atom. The van der Waals surface area contributed by atoms with E-state index >= 15 is 0 Å². The molecule has 1 nitrogen and oxygen atoms in total. The topological polar surface area (TPSA) is 12.0 Å². The molecule has 3 heteroatoms. The Balaban J connectivity index is 2.26. The van der Waals surface area contributed by atoms with Gasteiger partial charge in [-0.2, -0.15) is 0 Å². The third-order valence-electron chi connectivity index (χ3n) is 3.65. The maximum absolute atomic E-state index is 14.1. The fourth-order valence-electron chi connectivity index (χ4n) is 2.52. The first-order valence-electron chi connectivity index (χ1n) is 7.32. The number of hydrogen-bond acceptors (Lipinski definition) is 1. The van der Waals surface area contributed by atoms with Gasteiger partial charge in [0.1, 0.15) is 5.82 Å². The smallest absolute Gasteiger partial charge is 0.144 e. The Bertz CT molecular complexity index is 598. The molecule has 2 aromatic carbocycles. The van der Waals surface area contributed by atoms with Crippen molar-refractivity contribution in [2.45, 2.75) is 26.2 Å². The van der Waals surface area contributed by atoms with Crippen LogP contribution in [0.25, 0.3) is 0 Å². The van der Waals surface area contributed by atoms with Crippen molar-refractivity contribution in [2.75, 3.05) is 13.1 Å². The highest BCUT2D eigenvalue weighted by molar-refractivity contribution is 6.30. The standard InChI is InChI=1S/C18H21ClFN/c1-3-21-12-16(14-7-4-6-13(2)10-14)11-15-8-5-9-17(19)18(15)20/h4-10,16,21H,3,11-12H2,1-2H3. The summed E-state index contributed by atoms with van der Waals surface area (Å²) in [6.45, 7) is 5.88. The zero-order valence-corrected chi connectivity index (χ0v) is 13.3. The molecule has 0 amide bonds. The minimum Gasteiger partial charge on any atom is -0.316 e. The summed E-state index contributed by atoms with van der Waals surface area (Å²) in [7, 11) is 0. The maximum Gasteiger partial charge on any atom is 0.144 e. The fraction of sp³-hybridized carbons (Fsp3) is 0.333. The zero-order chi connectivity index (χ0) is 15.2. The van der Waals surface area contributed by atoms with Crippen molar-refractivity contribution in [1.82, 2.24) is 5.32 Å². The summed E-state index contributed by atoms with van der Waals surface area (Å²) >= 11 is 5.88. The van der Waals surface area contributed by atoms with Gasteiger partial charge in [0.25, 0.3) is 0 Å². The van der Waals surface area contributed by atoms with Gasteiger partial charge >= 0.3 is 0 Å². The molecule has 21 heavy (non-hydrogen) atoms. The van der Waals surface area contributed by atoms with Gasteiger partial charge in [-0.15, -0.1) is 0 Å². The number of halogens is 2. The predicted octanol–water partition coefficient (Wildman–Crippen LogP) is 4.72. The summed E-state index contributed by atoms with van der Waals surface area (Å²) in [4.78, 5) is 0. The Labute approximate surface area is 131 Å². The van der Waals surface area contributed by atoms with Gasteiger partial charge in [0.2, 0.25) is 0 Å². The van der Waals surface area contributed by atoms with Gasteiger partial charge in [0.15, 0.2) is 0 Å². The van der Waals surface area contributed by atoms with E-state index in [1.165, 1.54) is 11.1 Å². The van der Waals surface area contributed by atoms with Gasteiger partial charge < -0.3 is 5.32 Å². The average molecular weight is 306 g/mol. The van der Waals surface area contributed by atoms with E-state index in [0.29, 0.717) is 12.0 Å². The van der Waals surface area contributed by atoms with Gasteiger partial charge in [0, 0.05) is 12.5 Å². The lowest BCUT2D eigenvalue weighted by atomic mass is 9.90. The molecule has 0 saturated heterocycles. The lowest BCUT2D eigenvalue weighted by Crippen LogP contribution is -2.23. The molecule has 0 spiro atoms. The molecular weight excluding hydrogens is 285 g/mol. The van der Waals surface area contributed by atoms with Crippen LogP contribution in [0.3, 0.4) is 0 Å². The summed E-state index contributed by atoms with van der Waals surface area (Å²) in [5.41, 5.74) is 3.13. The van der Waals surface area contributed by atoms with E-state index in [-0.39, 0.29) is 16.8 Å². The zero-order valence-electron chi connectivity index (χ0n) is 12.5. The summed E-state index contributed by atoms with van der Waals surface area (Å²) < 4.78 is 14.1. The van der Waals surface area contributed by atoms with E-state index in [0.717, 1.165) is 13.1 Å². The Hall–Kier alpha value is -1.38. The first kappa shape index (κ1) is 16.0. The largest absolute Gasteiger partial charge is 0.316 e. The Kier molecular flexibility index (Phi) is 5.77. The van der Waals surface area contributed by atoms with Crippen molar-refractivity contribution in [3.05, 3.63) is 70.0 Å². The van der Waals surface area contributed by atoms with Crippen molar-refractivity contribution >= 4 is 11.6 Å². The van der Waals surface area contributed by atoms with Gasteiger partial charge in [-0.1, -0.05) is 60.5 Å². The summed E-state index contributed by atoms with van der Waals surface area (Å²) in [6.07, 6.45) is 0.642. The molecule has 2 aromatic rings. The highest BCUT2D eigenvalue weighted by Gasteiger charge is 2.15. The fourth-order valence-corrected chi connectivity index (χ4v) is 2.72. The molecule has 0 radical (unpaired) electrons. The maximum atomic E-state index is 14.1. The quantitative estimate of drug-likeness (QED) is 0.814. The highest BCUT2D eigenvalue weighted by atomic mass is 35.5. The van der Waals surface area contributed by atoms with E-state index in [4.69, 9.17) is 11.6 Å². The van der Waals surface area contributed by atoms with Crippen LogP contribution in [-0.4, -0.2) is 13.1 Å². The first-order chi connectivity index (χ1) is 10.1. The number of aryl methyl sites for hydroxylation is 1. The van der Waals surface area contributed by atoms with Crippen LogP contribution in [0, 0.1) is 12.7 Å². The second-order valence-electron chi connectivity index (χ2n) is 5.34. The number of likely N-dealkylation sites (N-methyl/N-ethyl adjacent to an activating group) is 1. The molecule has 0 aromatic heterocycles. The minimum absolute atomic E-state index is 0.193. The number of hydrogen-bond donors (Lipinski definition) is 1. The lowest BCUT2D eigenvalue weighted by molar-refractivity contribution is 0.562. The monoisotopic (exact) mass is 305 g/mol. The third kappa shape index (κ3) is 4.29. The van der Waals surface area contributed by atoms with Crippen LogP contribution < -0.4 is 5.32 Å². The molecule has 0 bridgehead atoms. The minimum atomic E-state index is -0.298. The first-order valence-corrected chi connectivity index (χ1v) is 7.69. The molecular formula is C18H21ClFN. The predicted molar refractivity (Wildman–Crippen MR) is 87.6 cm³/mol. The van der Waals surface area contributed by atoms with E-state index in [9.17, 15) is 4.39 Å². The average Bonchev–Trinajstić information content (AvgIpc) is 2.47. The van der Waals surface area contributed by atoms with E-state index in [2.05, 4.69) is 43.4 Å².